The quantitative estimate of drug-likeness (QED) is 0.445. The molecule has 0 aliphatic carbocycles. The van der Waals surface area contributed by atoms with E-state index in [0.717, 1.165) is 42.9 Å². The average molecular weight is 316 g/mol. The fourth-order valence-corrected chi connectivity index (χ4v) is 2.46. The van der Waals surface area contributed by atoms with Gasteiger partial charge in [-0.15, -0.1) is 10.2 Å². The summed E-state index contributed by atoms with van der Waals surface area (Å²) in [6.45, 7) is 6.27. The third-order valence-electron chi connectivity index (χ3n) is 3.75. The first kappa shape index (κ1) is 17.2. The molecule has 0 saturated heterocycles. The van der Waals surface area contributed by atoms with Crippen molar-refractivity contribution in [2.45, 2.75) is 39.5 Å². The Balaban J connectivity index is 1.69. The maximum Gasteiger partial charge on any atom is 0.190 e. The first-order valence-corrected chi connectivity index (χ1v) is 8.44. The molecule has 0 radical (unpaired) electrons. The van der Waals surface area contributed by atoms with Gasteiger partial charge in [0.1, 0.15) is 5.82 Å². The zero-order valence-electron chi connectivity index (χ0n) is 14.4. The molecular formula is C17H28N6. The second kappa shape index (κ2) is 9.12. The van der Waals surface area contributed by atoms with Crippen LogP contribution >= 0.6 is 0 Å². The lowest BCUT2D eigenvalue weighted by Crippen LogP contribution is -2.38. The number of rotatable bonds is 8. The SMILES string of the molecule is CN=C(NCCCCC(C)C)NCCc1nnc2ccccn12. The average Bonchev–Trinajstić information content (AvgIpc) is 2.96. The number of guanidine groups is 1. The Morgan fingerprint density at radius 3 is 2.78 bits per heavy atom. The minimum atomic E-state index is 0.779. The van der Waals surface area contributed by atoms with Crippen molar-refractivity contribution in [3.8, 4) is 0 Å². The normalized spacial score (nSPS) is 12.1. The lowest BCUT2D eigenvalue weighted by atomic mass is 10.1. The molecular weight excluding hydrogens is 288 g/mol. The summed E-state index contributed by atoms with van der Waals surface area (Å²) >= 11 is 0. The van der Waals surface area contributed by atoms with Crippen molar-refractivity contribution in [3.05, 3.63) is 30.2 Å². The number of fused-ring (bicyclic) bond motifs is 1. The van der Waals surface area contributed by atoms with Crippen molar-refractivity contribution in [3.63, 3.8) is 0 Å². The fourth-order valence-electron chi connectivity index (χ4n) is 2.46. The van der Waals surface area contributed by atoms with Crippen LogP contribution in [0.4, 0.5) is 0 Å². The van der Waals surface area contributed by atoms with Crippen LogP contribution in [0.5, 0.6) is 0 Å². The van der Waals surface area contributed by atoms with Crippen LogP contribution in [-0.2, 0) is 6.42 Å². The zero-order chi connectivity index (χ0) is 16.5. The van der Waals surface area contributed by atoms with Crippen LogP contribution in [0.3, 0.4) is 0 Å². The predicted molar refractivity (Wildman–Crippen MR) is 94.7 cm³/mol. The Morgan fingerprint density at radius 2 is 2.00 bits per heavy atom. The third-order valence-corrected chi connectivity index (χ3v) is 3.75. The molecule has 23 heavy (non-hydrogen) atoms. The maximum absolute atomic E-state index is 4.25. The number of aromatic nitrogens is 3. The number of nitrogens with one attached hydrogen (secondary N) is 2. The number of hydrogen-bond donors (Lipinski definition) is 2. The fraction of sp³-hybridized carbons (Fsp3) is 0.588. The summed E-state index contributed by atoms with van der Waals surface area (Å²) < 4.78 is 2.02. The van der Waals surface area contributed by atoms with E-state index in [1.165, 1.54) is 19.3 Å². The molecule has 0 amide bonds. The van der Waals surface area contributed by atoms with E-state index >= 15 is 0 Å². The molecule has 2 heterocycles. The van der Waals surface area contributed by atoms with Crippen LogP contribution in [0.25, 0.3) is 5.65 Å². The van der Waals surface area contributed by atoms with Crippen molar-refractivity contribution in [1.82, 2.24) is 25.2 Å². The number of unbranched alkanes of at least 4 members (excludes halogenated alkanes) is 1. The molecule has 0 aliphatic heterocycles. The van der Waals surface area contributed by atoms with Gasteiger partial charge >= 0.3 is 0 Å². The minimum Gasteiger partial charge on any atom is -0.356 e. The Bertz CT molecular complexity index is 616. The van der Waals surface area contributed by atoms with Gasteiger partial charge in [-0.05, 0) is 24.5 Å². The van der Waals surface area contributed by atoms with Crippen LogP contribution in [0.15, 0.2) is 29.4 Å². The van der Waals surface area contributed by atoms with E-state index in [9.17, 15) is 0 Å². The molecule has 0 fully saturated rings. The summed E-state index contributed by atoms with van der Waals surface area (Å²) in [7, 11) is 1.80. The summed E-state index contributed by atoms with van der Waals surface area (Å²) in [6.07, 6.45) is 6.51. The summed E-state index contributed by atoms with van der Waals surface area (Å²) in [5, 5.41) is 15.1. The van der Waals surface area contributed by atoms with E-state index in [4.69, 9.17) is 0 Å². The van der Waals surface area contributed by atoms with Gasteiger partial charge in [-0.3, -0.25) is 9.39 Å². The van der Waals surface area contributed by atoms with Gasteiger partial charge in [-0.2, -0.15) is 0 Å². The van der Waals surface area contributed by atoms with Crippen molar-refractivity contribution < 1.29 is 0 Å². The molecule has 2 N–H and O–H groups in total. The molecule has 0 aliphatic rings. The maximum atomic E-state index is 4.25. The van der Waals surface area contributed by atoms with Gasteiger partial charge < -0.3 is 10.6 Å². The molecule has 0 bridgehead atoms. The number of hydrogen-bond acceptors (Lipinski definition) is 3. The van der Waals surface area contributed by atoms with Crippen LogP contribution in [-0.4, -0.2) is 40.7 Å². The molecule has 0 saturated carbocycles. The lowest BCUT2D eigenvalue weighted by Gasteiger charge is -2.11. The second-order valence-corrected chi connectivity index (χ2v) is 6.11. The van der Waals surface area contributed by atoms with Gasteiger partial charge in [0.25, 0.3) is 0 Å². The number of aliphatic imine (C=N–C) groups is 1. The highest BCUT2D eigenvalue weighted by Crippen LogP contribution is 2.05. The zero-order valence-corrected chi connectivity index (χ0v) is 14.4. The van der Waals surface area contributed by atoms with Crippen LogP contribution in [0, 0.1) is 5.92 Å². The van der Waals surface area contributed by atoms with Crippen molar-refractivity contribution >= 4 is 11.6 Å². The Labute approximate surface area is 138 Å². The minimum absolute atomic E-state index is 0.779. The Kier molecular flexibility index (Phi) is 6.84. The molecule has 0 unspecified atom stereocenters. The van der Waals surface area contributed by atoms with Gasteiger partial charge in [0, 0.05) is 32.8 Å². The summed E-state index contributed by atoms with van der Waals surface area (Å²) in [4.78, 5) is 4.25. The molecule has 6 heteroatoms. The van der Waals surface area contributed by atoms with Gasteiger partial charge in [-0.1, -0.05) is 32.8 Å². The molecule has 0 spiro atoms. The highest BCUT2D eigenvalue weighted by atomic mass is 15.2. The van der Waals surface area contributed by atoms with E-state index in [1.807, 2.05) is 28.8 Å². The lowest BCUT2D eigenvalue weighted by molar-refractivity contribution is 0.534. The smallest absolute Gasteiger partial charge is 0.190 e. The van der Waals surface area contributed by atoms with Crippen LogP contribution < -0.4 is 10.6 Å². The Hall–Kier alpha value is -2.11. The topological polar surface area (TPSA) is 66.6 Å². The van der Waals surface area contributed by atoms with Gasteiger partial charge in [0.15, 0.2) is 11.6 Å². The number of nitrogens with zero attached hydrogens (tertiary/aromatic N) is 4. The number of pyridine rings is 1. The monoisotopic (exact) mass is 316 g/mol. The first-order chi connectivity index (χ1) is 11.2. The second-order valence-electron chi connectivity index (χ2n) is 6.11. The Morgan fingerprint density at radius 1 is 1.17 bits per heavy atom. The van der Waals surface area contributed by atoms with Gasteiger partial charge in [0.2, 0.25) is 0 Å². The summed E-state index contributed by atoms with van der Waals surface area (Å²) in [6, 6.07) is 5.92. The standard InChI is InChI=1S/C17H28N6/c1-14(2)8-4-6-11-19-17(18-3)20-12-10-16-22-21-15-9-5-7-13-23(15)16/h5,7,9,13-14H,4,6,8,10-12H2,1-3H3,(H2,18,19,20). The van der Waals surface area contributed by atoms with E-state index in [-0.39, 0.29) is 0 Å². The van der Waals surface area contributed by atoms with Crippen molar-refractivity contribution in [2.75, 3.05) is 20.1 Å². The van der Waals surface area contributed by atoms with Gasteiger partial charge in [-0.25, -0.2) is 0 Å². The van der Waals surface area contributed by atoms with E-state index in [0.29, 0.717) is 0 Å². The molecule has 126 valence electrons. The first-order valence-electron chi connectivity index (χ1n) is 8.44. The molecule has 2 rings (SSSR count). The summed E-state index contributed by atoms with van der Waals surface area (Å²) in [5.74, 6) is 2.59. The highest BCUT2D eigenvalue weighted by Gasteiger charge is 2.04. The molecule has 0 aromatic carbocycles. The van der Waals surface area contributed by atoms with E-state index in [1.54, 1.807) is 7.05 Å². The van der Waals surface area contributed by atoms with Crippen molar-refractivity contribution in [2.24, 2.45) is 10.9 Å². The van der Waals surface area contributed by atoms with Crippen LogP contribution in [0.2, 0.25) is 0 Å². The molecule has 0 atom stereocenters. The molecule has 6 nitrogen and oxygen atoms in total. The third kappa shape index (κ3) is 5.54. The molecule has 2 aromatic rings. The van der Waals surface area contributed by atoms with Crippen LogP contribution in [0.1, 0.15) is 38.9 Å². The predicted octanol–water partition coefficient (Wildman–Crippen LogP) is 2.26. The van der Waals surface area contributed by atoms with E-state index < -0.39 is 0 Å². The van der Waals surface area contributed by atoms with Crippen molar-refractivity contribution in [1.29, 1.82) is 0 Å². The summed E-state index contributed by atoms with van der Waals surface area (Å²) in [5.41, 5.74) is 0.884. The van der Waals surface area contributed by atoms with Gasteiger partial charge in [0.05, 0.1) is 0 Å². The largest absolute Gasteiger partial charge is 0.356 e. The van der Waals surface area contributed by atoms with E-state index in [2.05, 4.69) is 39.7 Å². The molecule has 2 aromatic heterocycles. The highest BCUT2D eigenvalue weighted by molar-refractivity contribution is 5.79.